The highest BCUT2D eigenvalue weighted by molar-refractivity contribution is 7.93. The number of anilines is 1. The number of carbonyl (C=O) groups excluding carboxylic acids is 1. The molecule has 4 nitrogen and oxygen atoms in total. The lowest BCUT2D eigenvalue weighted by atomic mass is 10.2. The van der Waals surface area contributed by atoms with Crippen molar-refractivity contribution in [2.24, 2.45) is 0 Å². The van der Waals surface area contributed by atoms with Crippen molar-refractivity contribution < 1.29 is 9.35 Å². The van der Waals surface area contributed by atoms with Gasteiger partial charge >= 0.3 is 0 Å². The van der Waals surface area contributed by atoms with Gasteiger partial charge in [-0.2, -0.15) is 0 Å². The molecule has 1 aromatic carbocycles. The number of halogens is 2. The van der Waals surface area contributed by atoms with Gasteiger partial charge in [-0.05, 0) is 37.2 Å². The zero-order valence-electron chi connectivity index (χ0n) is 13.3. The maximum atomic E-state index is 11.6. The third-order valence-corrected chi connectivity index (χ3v) is 3.86. The first-order valence-corrected chi connectivity index (χ1v) is 8.97. The lowest BCUT2D eigenvalue weighted by Crippen LogP contribution is -2.25. The second kappa shape index (κ2) is 12.0. The maximum Gasteiger partial charge on any atom is 0.224 e. The fourth-order valence-corrected chi connectivity index (χ4v) is 2.42. The molecule has 1 amide bonds. The van der Waals surface area contributed by atoms with Gasteiger partial charge in [-0.1, -0.05) is 53.1 Å². The highest BCUT2D eigenvalue weighted by atomic mass is 35.5. The maximum absolute atomic E-state index is 11.6. The first-order chi connectivity index (χ1) is 11.5. The van der Waals surface area contributed by atoms with E-state index in [0.717, 1.165) is 5.57 Å². The molecule has 0 saturated carbocycles. The van der Waals surface area contributed by atoms with Crippen molar-refractivity contribution in [3.8, 4) is 0 Å². The lowest BCUT2D eigenvalue weighted by molar-refractivity contribution is -0.120. The van der Waals surface area contributed by atoms with E-state index in [-0.39, 0.29) is 5.91 Å². The largest absolute Gasteiger partial charge is 0.359 e. The van der Waals surface area contributed by atoms with Crippen LogP contribution in [-0.2, 0) is 4.79 Å². The van der Waals surface area contributed by atoms with Crippen LogP contribution in [-0.4, -0.2) is 22.8 Å². The van der Waals surface area contributed by atoms with Gasteiger partial charge in [0.2, 0.25) is 5.91 Å². The summed E-state index contributed by atoms with van der Waals surface area (Å²) in [6.45, 7) is 2.35. The molecule has 7 heteroatoms. The van der Waals surface area contributed by atoms with Crippen LogP contribution in [0.5, 0.6) is 0 Å². The van der Waals surface area contributed by atoms with Crippen LogP contribution in [0.3, 0.4) is 0 Å². The Kier molecular flexibility index (Phi) is 10.4. The van der Waals surface area contributed by atoms with Crippen LogP contribution in [0.1, 0.15) is 13.3 Å². The highest BCUT2D eigenvalue weighted by Crippen LogP contribution is 2.29. The Morgan fingerprint density at radius 2 is 1.96 bits per heavy atom. The fraction of sp³-hybridized carbons (Fsp3) is 0.235. The Balaban J connectivity index is 2.39. The third kappa shape index (κ3) is 8.45. The molecule has 0 bridgehead atoms. The minimum atomic E-state index is -0.0585. The van der Waals surface area contributed by atoms with Crippen LogP contribution >= 0.6 is 35.2 Å². The van der Waals surface area contributed by atoms with Gasteiger partial charge in [0, 0.05) is 24.9 Å². The molecule has 0 saturated heterocycles. The number of para-hydroxylation sites is 1. The van der Waals surface area contributed by atoms with E-state index >= 15 is 0 Å². The average Bonchev–Trinajstić information content (AvgIpc) is 2.53. The minimum absolute atomic E-state index is 0.0585. The number of nitrogens with one attached hydrogen (secondary N) is 2. The lowest BCUT2D eigenvalue weighted by Gasteiger charge is -2.05. The van der Waals surface area contributed by atoms with E-state index in [2.05, 4.69) is 10.6 Å². The Morgan fingerprint density at radius 3 is 2.62 bits per heavy atom. The van der Waals surface area contributed by atoms with Crippen molar-refractivity contribution in [3.05, 3.63) is 64.3 Å². The molecule has 0 unspecified atom stereocenters. The smallest absolute Gasteiger partial charge is 0.224 e. The second-order valence-corrected chi connectivity index (χ2v) is 6.34. The van der Waals surface area contributed by atoms with Gasteiger partial charge in [-0.15, -0.1) is 0 Å². The topological polar surface area (TPSA) is 61.4 Å². The number of rotatable bonds is 9. The Morgan fingerprint density at radius 1 is 1.25 bits per heavy atom. The van der Waals surface area contributed by atoms with E-state index in [1.807, 2.05) is 31.2 Å². The quantitative estimate of drug-likeness (QED) is 0.312. The fourth-order valence-electron chi connectivity index (χ4n) is 1.72. The number of allylic oxidation sites excluding steroid dienone is 4. The summed E-state index contributed by atoms with van der Waals surface area (Å²) < 4.78 is 8.57. The van der Waals surface area contributed by atoms with Gasteiger partial charge in [-0.25, -0.2) is 0 Å². The van der Waals surface area contributed by atoms with Crippen molar-refractivity contribution in [1.29, 1.82) is 0 Å². The molecule has 1 rings (SSSR count). The van der Waals surface area contributed by atoms with Crippen LogP contribution in [0, 0.1) is 0 Å². The summed E-state index contributed by atoms with van der Waals surface area (Å²) >= 11 is 12.8. The predicted octanol–water partition coefficient (Wildman–Crippen LogP) is 5.13. The average molecular weight is 387 g/mol. The molecule has 0 fully saturated rings. The van der Waals surface area contributed by atoms with E-state index in [1.165, 1.54) is 0 Å². The molecule has 130 valence electrons. The molecule has 0 heterocycles. The summed E-state index contributed by atoms with van der Waals surface area (Å²) in [6, 6.07) is 5.30. The zero-order valence-corrected chi connectivity index (χ0v) is 15.6. The Labute approximate surface area is 156 Å². The molecule has 0 spiro atoms. The van der Waals surface area contributed by atoms with Crippen LogP contribution in [0.15, 0.2) is 54.3 Å². The monoisotopic (exact) mass is 386 g/mol. The Hall–Kier alpha value is -1.40. The minimum Gasteiger partial charge on any atom is -0.359 e. The first kappa shape index (κ1) is 20.6. The number of carbonyl (C=O) groups is 1. The van der Waals surface area contributed by atoms with Gasteiger partial charge in [0.15, 0.2) is 0 Å². The molecule has 0 aromatic heterocycles. The number of amides is 1. The predicted molar refractivity (Wildman–Crippen MR) is 105 cm³/mol. The van der Waals surface area contributed by atoms with E-state index in [1.54, 1.807) is 24.4 Å². The van der Waals surface area contributed by atoms with Crippen molar-refractivity contribution in [2.75, 3.05) is 17.6 Å². The van der Waals surface area contributed by atoms with Crippen LogP contribution in [0.2, 0.25) is 10.0 Å². The van der Waals surface area contributed by atoms with Gasteiger partial charge in [0.25, 0.3) is 0 Å². The molecular weight excluding hydrogens is 367 g/mol. The molecule has 0 aliphatic carbocycles. The number of benzene rings is 1. The zero-order chi connectivity index (χ0) is 17.8. The second-order valence-electron chi connectivity index (χ2n) is 4.86. The summed E-state index contributed by atoms with van der Waals surface area (Å²) in [5.74, 6) is 0.429. The van der Waals surface area contributed by atoms with Crippen molar-refractivity contribution in [1.82, 2.24) is 5.32 Å². The SMILES string of the molecule is C\C(=C/C=C\C=C\Nc1c(Cl)cccc1Cl)CC(=O)NCCSO. The molecule has 0 aliphatic heterocycles. The normalized spacial score (nSPS) is 12.1. The van der Waals surface area contributed by atoms with Gasteiger partial charge in [0.05, 0.1) is 15.7 Å². The van der Waals surface area contributed by atoms with Crippen molar-refractivity contribution in [2.45, 2.75) is 13.3 Å². The van der Waals surface area contributed by atoms with E-state index < -0.39 is 0 Å². The third-order valence-electron chi connectivity index (χ3n) is 2.84. The molecule has 3 N–H and O–H groups in total. The molecular formula is C17H20Cl2N2O2S. The van der Waals surface area contributed by atoms with E-state index in [0.29, 0.717) is 46.5 Å². The van der Waals surface area contributed by atoms with Crippen molar-refractivity contribution in [3.63, 3.8) is 0 Å². The number of hydrogen-bond donors (Lipinski definition) is 3. The van der Waals surface area contributed by atoms with E-state index in [4.69, 9.17) is 27.8 Å². The van der Waals surface area contributed by atoms with Crippen LogP contribution in [0.4, 0.5) is 5.69 Å². The molecule has 0 atom stereocenters. The summed E-state index contributed by atoms with van der Waals surface area (Å²) in [7, 11) is 0. The molecule has 24 heavy (non-hydrogen) atoms. The molecule has 0 radical (unpaired) electrons. The molecule has 0 aliphatic rings. The summed E-state index contributed by atoms with van der Waals surface area (Å²) in [5.41, 5.74) is 1.60. The van der Waals surface area contributed by atoms with Gasteiger partial charge < -0.3 is 15.2 Å². The van der Waals surface area contributed by atoms with Gasteiger partial charge in [-0.3, -0.25) is 4.79 Å². The molecule has 1 aromatic rings. The van der Waals surface area contributed by atoms with E-state index in [9.17, 15) is 4.79 Å². The Bertz CT molecular complexity index is 611. The van der Waals surface area contributed by atoms with Crippen LogP contribution < -0.4 is 10.6 Å². The summed E-state index contributed by atoms with van der Waals surface area (Å²) in [4.78, 5) is 11.6. The van der Waals surface area contributed by atoms with Gasteiger partial charge in [0.1, 0.15) is 0 Å². The summed E-state index contributed by atoms with van der Waals surface area (Å²) in [6.07, 6.45) is 9.42. The first-order valence-electron chi connectivity index (χ1n) is 7.27. The standard InChI is InChI=1S/C17H20Cl2N2O2S/c1-13(12-16(22)20-10-11-24-23)6-3-2-4-9-21-17-14(18)7-5-8-15(17)19/h2-9,21,23H,10-12H2,1H3,(H,20,22)/b3-2-,9-4+,13-6+. The number of hydrogen-bond acceptors (Lipinski definition) is 4. The highest BCUT2D eigenvalue weighted by Gasteiger charge is 2.02. The van der Waals surface area contributed by atoms with Crippen LogP contribution in [0.25, 0.3) is 0 Å². The van der Waals surface area contributed by atoms with Crippen molar-refractivity contribution >= 4 is 46.8 Å². The summed E-state index contributed by atoms with van der Waals surface area (Å²) in [5, 5.41) is 6.85.